The molecule has 0 fully saturated rings. The zero-order valence-electron chi connectivity index (χ0n) is 20.0. The first kappa shape index (κ1) is 24.2. The molecule has 3 aromatic rings. The van der Waals surface area contributed by atoms with Crippen LogP contribution in [0.25, 0.3) is 11.1 Å². The monoisotopic (exact) mass is 475 g/mol. The Morgan fingerprint density at radius 3 is 2.60 bits per heavy atom. The third-order valence-electron chi connectivity index (χ3n) is 6.24. The van der Waals surface area contributed by atoms with Gasteiger partial charge in [0.15, 0.2) is 0 Å². The second-order valence-corrected chi connectivity index (χ2v) is 8.71. The zero-order chi connectivity index (χ0) is 25.3. The first-order valence-electron chi connectivity index (χ1n) is 11.3. The predicted octanol–water partition coefficient (Wildman–Crippen LogP) is 1.71. The van der Waals surface area contributed by atoms with Crippen LogP contribution in [0.5, 0.6) is 0 Å². The van der Waals surface area contributed by atoms with Gasteiger partial charge in [-0.25, -0.2) is 0 Å². The minimum Gasteiger partial charge on any atom is -0.392 e. The lowest BCUT2D eigenvalue weighted by Crippen LogP contribution is -2.38. The Bertz CT molecular complexity index is 1360. The largest absolute Gasteiger partial charge is 0.392 e. The van der Waals surface area contributed by atoms with Crippen molar-refractivity contribution in [3.8, 4) is 11.1 Å². The summed E-state index contributed by atoms with van der Waals surface area (Å²) in [5.74, 6) is -0.606. The van der Waals surface area contributed by atoms with Crippen molar-refractivity contribution in [2.45, 2.75) is 13.0 Å². The van der Waals surface area contributed by atoms with Crippen molar-refractivity contribution in [2.24, 2.45) is 12.8 Å². The Kier molecular flexibility index (Phi) is 6.72. The van der Waals surface area contributed by atoms with Gasteiger partial charge in [-0.05, 0) is 47.9 Å². The second-order valence-electron chi connectivity index (χ2n) is 8.71. The molecule has 0 radical (unpaired) electrons. The lowest BCUT2D eigenvalue weighted by atomic mass is 9.94. The average molecular weight is 476 g/mol. The second kappa shape index (κ2) is 9.73. The van der Waals surface area contributed by atoms with Gasteiger partial charge in [0, 0.05) is 56.3 Å². The van der Waals surface area contributed by atoms with E-state index in [0.717, 1.165) is 11.3 Å². The zero-order valence-corrected chi connectivity index (χ0v) is 20.0. The van der Waals surface area contributed by atoms with E-state index in [1.54, 1.807) is 24.2 Å². The maximum atomic E-state index is 13.4. The Morgan fingerprint density at radius 2 is 1.91 bits per heavy atom. The SMILES string of the molecule is CN(C)c1ccc2c(c1)CCN(c1cccc(-c3cc(NC(=O)CN)c(=O)n(C)c3)c1CO)C2=O. The van der Waals surface area contributed by atoms with Crippen LogP contribution in [0, 0.1) is 0 Å². The van der Waals surface area contributed by atoms with Crippen LogP contribution in [0.15, 0.2) is 53.5 Å². The normalized spacial score (nSPS) is 12.9. The molecule has 0 saturated carbocycles. The molecule has 2 amide bonds. The van der Waals surface area contributed by atoms with Crippen LogP contribution in [0.1, 0.15) is 21.5 Å². The standard InChI is InChI=1S/C26H29N5O4/c1-29(2)18-7-8-20-16(11-18)9-10-31(25(20)34)23-6-4-5-19(21(23)15-32)17-12-22(28-24(33)13-27)26(35)30(3)14-17/h4-8,11-12,14,32H,9-10,13,15,27H2,1-3H3,(H,28,33). The van der Waals surface area contributed by atoms with Gasteiger partial charge >= 0.3 is 0 Å². The molecule has 9 nitrogen and oxygen atoms in total. The molecule has 1 aliphatic rings. The highest BCUT2D eigenvalue weighted by Crippen LogP contribution is 2.35. The topological polar surface area (TPSA) is 121 Å². The number of hydrogen-bond donors (Lipinski definition) is 3. The van der Waals surface area contributed by atoms with Crippen LogP contribution in [0.2, 0.25) is 0 Å². The van der Waals surface area contributed by atoms with E-state index in [9.17, 15) is 19.5 Å². The van der Waals surface area contributed by atoms with Crippen LogP contribution >= 0.6 is 0 Å². The summed E-state index contributed by atoms with van der Waals surface area (Å²) in [5, 5.41) is 12.9. The molecule has 2 aromatic carbocycles. The maximum Gasteiger partial charge on any atom is 0.274 e. The molecule has 35 heavy (non-hydrogen) atoms. The number of carbonyl (C=O) groups is 2. The third-order valence-corrected chi connectivity index (χ3v) is 6.24. The summed E-state index contributed by atoms with van der Waals surface area (Å²) >= 11 is 0. The van der Waals surface area contributed by atoms with Crippen molar-refractivity contribution in [2.75, 3.05) is 42.3 Å². The summed E-state index contributed by atoms with van der Waals surface area (Å²) in [7, 11) is 5.51. The minimum absolute atomic E-state index is 0.0921. The highest BCUT2D eigenvalue weighted by molar-refractivity contribution is 6.09. The highest BCUT2D eigenvalue weighted by atomic mass is 16.3. The predicted molar refractivity (Wildman–Crippen MR) is 137 cm³/mol. The number of aliphatic hydroxyl groups is 1. The summed E-state index contributed by atoms with van der Waals surface area (Å²) in [6.45, 7) is -0.0847. The molecule has 4 rings (SSSR count). The fourth-order valence-electron chi connectivity index (χ4n) is 4.40. The maximum absolute atomic E-state index is 13.4. The number of aliphatic hydroxyl groups excluding tert-OH is 1. The van der Waals surface area contributed by atoms with Gasteiger partial charge in [0.2, 0.25) is 5.91 Å². The van der Waals surface area contributed by atoms with E-state index in [0.29, 0.717) is 40.9 Å². The van der Waals surface area contributed by atoms with Crippen LogP contribution in [0.3, 0.4) is 0 Å². The first-order valence-corrected chi connectivity index (χ1v) is 11.3. The molecule has 1 aliphatic heterocycles. The summed E-state index contributed by atoms with van der Waals surface area (Å²) in [6.07, 6.45) is 2.32. The number of amides is 2. The van der Waals surface area contributed by atoms with E-state index >= 15 is 0 Å². The van der Waals surface area contributed by atoms with Crippen LogP contribution < -0.4 is 26.4 Å². The fourth-order valence-corrected chi connectivity index (χ4v) is 4.40. The van der Waals surface area contributed by atoms with E-state index in [4.69, 9.17) is 5.73 Å². The molecule has 0 bridgehead atoms. The molecule has 0 atom stereocenters. The van der Waals surface area contributed by atoms with Crippen molar-refractivity contribution < 1.29 is 14.7 Å². The van der Waals surface area contributed by atoms with Crippen molar-refractivity contribution in [3.05, 3.63) is 75.7 Å². The summed E-state index contributed by atoms with van der Waals surface area (Å²) in [6, 6.07) is 12.8. The molecule has 182 valence electrons. The number of hydrogen-bond acceptors (Lipinski definition) is 6. The van der Waals surface area contributed by atoms with Gasteiger partial charge < -0.3 is 30.5 Å². The van der Waals surface area contributed by atoms with Crippen LogP contribution in [0.4, 0.5) is 17.1 Å². The van der Waals surface area contributed by atoms with E-state index in [-0.39, 0.29) is 30.3 Å². The van der Waals surface area contributed by atoms with Crippen molar-refractivity contribution in [1.82, 2.24) is 4.57 Å². The molecular weight excluding hydrogens is 446 g/mol. The lowest BCUT2D eigenvalue weighted by molar-refractivity contribution is -0.114. The summed E-state index contributed by atoms with van der Waals surface area (Å²) in [4.78, 5) is 41.4. The van der Waals surface area contributed by atoms with Crippen molar-refractivity contribution in [1.29, 1.82) is 0 Å². The first-order chi connectivity index (χ1) is 16.7. The van der Waals surface area contributed by atoms with Crippen molar-refractivity contribution in [3.63, 3.8) is 0 Å². The highest BCUT2D eigenvalue weighted by Gasteiger charge is 2.28. The molecule has 0 saturated heterocycles. The van der Waals surface area contributed by atoms with Gasteiger partial charge in [0.05, 0.1) is 18.8 Å². The number of fused-ring (bicyclic) bond motifs is 1. The number of aryl methyl sites for hydroxylation is 1. The number of nitrogens with zero attached hydrogens (tertiary/aromatic N) is 3. The molecule has 4 N–H and O–H groups in total. The Labute approximate surface area is 203 Å². The van der Waals surface area contributed by atoms with Gasteiger partial charge in [-0.15, -0.1) is 0 Å². The van der Waals surface area contributed by atoms with Gasteiger partial charge in [-0.3, -0.25) is 14.4 Å². The summed E-state index contributed by atoms with van der Waals surface area (Å²) in [5.41, 5.74) is 10.2. The molecule has 1 aromatic heterocycles. The number of carbonyl (C=O) groups excluding carboxylic acids is 2. The van der Waals surface area contributed by atoms with Gasteiger partial charge in [0.25, 0.3) is 11.5 Å². The summed E-state index contributed by atoms with van der Waals surface area (Å²) < 4.78 is 1.36. The number of aromatic nitrogens is 1. The molecule has 0 unspecified atom stereocenters. The molecule has 2 heterocycles. The molecule has 9 heteroatoms. The Balaban J connectivity index is 1.77. The number of rotatable bonds is 6. The van der Waals surface area contributed by atoms with E-state index < -0.39 is 5.91 Å². The van der Waals surface area contributed by atoms with E-state index in [1.165, 1.54) is 4.57 Å². The van der Waals surface area contributed by atoms with E-state index in [1.807, 2.05) is 55.4 Å². The number of nitrogens with one attached hydrogen (secondary N) is 1. The minimum atomic E-state index is -0.481. The van der Waals surface area contributed by atoms with Crippen molar-refractivity contribution >= 4 is 28.9 Å². The number of benzene rings is 2. The number of nitrogens with two attached hydrogens (primary N) is 1. The number of pyridine rings is 1. The quantitative estimate of drug-likeness (QED) is 0.499. The number of anilines is 3. The van der Waals surface area contributed by atoms with Gasteiger partial charge in [-0.2, -0.15) is 0 Å². The lowest BCUT2D eigenvalue weighted by Gasteiger charge is -2.31. The Morgan fingerprint density at radius 1 is 1.14 bits per heavy atom. The fraction of sp³-hybridized carbons (Fsp3) is 0.269. The van der Waals surface area contributed by atoms with Crippen LogP contribution in [-0.2, 0) is 24.9 Å². The van der Waals surface area contributed by atoms with E-state index in [2.05, 4.69) is 5.32 Å². The molecule has 0 aliphatic carbocycles. The smallest absolute Gasteiger partial charge is 0.274 e. The van der Waals surface area contributed by atoms with Crippen LogP contribution in [-0.4, -0.2) is 48.7 Å². The average Bonchev–Trinajstić information content (AvgIpc) is 2.86. The molecule has 0 spiro atoms. The third kappa shape index (κ3) is 4.55. The van der Waals surface area contributed by atoms with Gasteiger partial charge in [0.1, 0.15) is 5.69 Å². The Hall–Kier alpha value is -3.95. The molecular formula is C26H29N5O4. The van der Waals surface area contributed by atoms with Gasteiger partial charge in [-0.1, -0.05) is 12.1 Å².